The molecule has 0 aromatic rings. The molecule has 6 atom stereocenters. The molecule has 48 heavy (non-hydrogen) atoms. The molecule has 3 fully saturated rings. The molecule has 0 bridgehead atoms. The number of fused-ring (bicyclic) bond motifs is 1. The number of piperidine rings is 1. The second-order valence-corrected chi connectivity index (χ2v) is 18.6. The van der Waals surface area contributed by atoms with E-state index in [4.69, 9.17) is 0 Å². The number of hydrogen-bond donors (Lipinski definition) is 5. The maximum Gasteiger partial charge on any atom is 0.315 e. The standard InChI is InChI=1S/C33H58F2N6O6S/c1-31(2,3)22(17-37-48(9,46)47)39-30(45)40-26(32(4,5)6)29(44)41-18-20-24(33(20,7)8)25(41)28(43)38-21(15-23(34)35)27(42)36-16-19-13-11-10-12-14-19/h19-26,37H,10-18H2,1-9H3,(H,36,42)(H,38,43)(H2,39,40,45)/t20-,21-,22+,24-,25-,26+/m0/s1. The van der Waals surface area contributed by atoms with Crippen LogP contribution in [0.1, 0.15) is 93.9 Å². The first-order valence-electron chi connectivity index (χ1n) is 17.1. The summed E-state index contributed by atoms with van der Waals surface area (Å²) in [7, 11) is -3.53. The van der Waals surface area contributed by atoms with Crippen LogP contribution in [0.4, 0.5) is 13.6 Å². The minimum Gasteiger partial charge on any atom is -0.354 e. The summed E-state index contributed by atoms with van der Waals surface area (Å²) < 4.78 is 53.1. The van der Waals surface area contributed by atoms with Gasteiger partial charge in [-0.25, -0.2) is 26.7 Å². The Hall–Kier alpha value is -2.55. The number of nitrogens with zero attached hydrogens (tertiary/aromatic N) is 1. The molecule has 5 N–H and O–H groups in total. The number of hydrogen-bond acceptors (Lipinski definition) is 6. The SMILES string of the molecule is CC(C)(C)[C@H](NC(=O)N[C@H](CNS(C)(=O)=O)C(C)(C)C)C(=O)N1C[C@H]2[C@@H]([C@H]1C(=O)N[C@@H](CC(F)F)C(=O)NCC1CCCCC1)C2(C)C. The molecule has 1 aliphatic heterocycles. The van der Waals surface area contributed by atoms with Gasteiger partial charge < -0.3 is 26.2 Å². The van der Waals surface area contributed by atoms with Crippen molar-refractivity contribution in [2.24, 2.45) is 34.0 Å². The van der Waals surface area contributed by atoms with Crippen LogP contribution in [0.3, 0.4) is 0 Å². The molecule has 0 spiro atoms. The molecule has 0 aromatic heterocycles. The maximum absolute atomic E-state index is 14.2. The molecule has 0 unspecified atom stereocenters. The van der Waals surface area contributed by atoms with Gasteiger partial charge in [-0.2, -0.15) is 0 Å². The molecule has 0 radical (unpaired) electrons. The zero-order chi connectivity index (χ0) is 36.4. The van der Waals surface area contributed by atoms with Gasteiger partial charge in [-0.05, 0) is 46.8 Å². The summed E-state index contributed by atoms with van der Waals surface area (Å²) in [6.45, 7) is 15.3. The Morgan fingerprint density at radius 1 is 0.917 bits per heavy atom. The Balaban J connectivity index is 1.78. The Labute approximate surface area is 285 Å². The first-order valence-corrected chi connectivity index (χ1v) is 19.0. The second kappa shape index (κ2) is 15.1. The number of nitrogens with one attached hydrogen (secondary N) is 5. The molecule has 2 saturated carbocycles. The van der Waals surface area contributed by atoms with Crippen LogP contribution in [0.2, 0.25) is 0 Å². The highest BCUT2D eigenvalue weighted by Crippen LogP contribution is 2.65. The van der Waals surface area contributed by atoms with Crippen LogP contribution in [0.25, 0.3) is 0 Å². The summed E-state index contributed by atoms with van der Waals surface area (Å²) in [5, 5.41) is 10.9. The smallest absolute Gasteiger partial charge is 0.315 e. The fourth-order valence-electron chi connectivity index (χ4n) is 7.19. The van der Waals surface area contributed by atoms with Gasteiger partial charge in [0, 0.05) is 32.1 Å². The van der Waals surface area contributed by atoms with Gasteiger partial charge in [0.2, 0.25) is 34.2 Å². The lowest BCUT2D eigenvalue weighted by Gasteiger charge is -2.38. The number of sulfonamides is 1. The molecule has 3 rings (SSSR count). The zero-order valence-corrected chi connectivity index (χ0v) is 30.9. The lowest BCUT2D eigenvalue weighted by molar-refractivity contribution is -0.144. The van der Waals surface area contributed by atoms with Crippen molar-refractivity contribution in [1.29, 1.82) is 0 Å². The van der Waals surface area contributed by atoms with Crippen molar-refractivity contribution in [3.05, 3.63) is 0 Å². The van der Waals surface area contributed by atoms with Gasteiger partial charge >= 0.3 is 6.03 Å². The Morgan fingerprint density at radius 2 is 1.52 bits per heavy atom. The van der Waals surface area contributed by atoms with Gasteiger partial charge in [-0.1, -0.05) is 74.7 Å². The number of alkyl halides is 2. The van der Waals surface area contributed by atoms with Crippen LogP contribution < -0.4 is 26.0 Å². The summed E-state index contributed by atoms with van der Waals surface area (Å²) in [6.07, 6.45) is 2.51. The average molecular weight is 705 g/mol. The highest BCUT2D eigenvalue weighted by molar-refractivity contribution is 7.88. The quantitative estimate of drug-likeness (QED) is 0.198. The van der Waals surface area contributed by atoms with E-state index < -0.39 is 81.6 Å². The van der Waals surface area contributed by atoms with Gasteiger partial charge in [-0.15, -0.1) is 0 Å². The van der Waals surface area contributed by atoms with Gasteiger partial charge in [0.05, 0.1) is 6.26 Å². The lowest BCUT2D eigenvalue weighted by Crippen LogP contribution is -2.62. The van der Waals surface area contributed by atoms with E-state index in [-0.39, 0.29) is 36.3 Å². The molecule has 3 aliphatic rings. The van der Waals surface area contributed by atoms with Crippen molar-refractivity contribution >= 4 is 33.8 Å². The minimum absolute atomic E-state index is 0.0207. The van der Waals surface area contributed by atoms with Gasteiger partial charge in [0.15, 0.2) is 0 Å². The topological polar surface area (TPSA) is 166 Å². The molecule has 5 amide bonds. The average Bonchev–Trinajstić information content (AvgIpc) is 3.26. The summed E-state index contributed by atoms with van der Waals surface area (Å²) in [5.41, 5.74) is -1.63. The third kappa shape index (κ3) is 10.5. The van der Waals surface area contributed by atoms with Crippen LogP contribution in [0.5, 0.6) is 0 Å². The van der Waals surface area contributed by atoms with E-state index >= 15 is 0 Å². The lowest BCUT2D eigenvalue weighted by atomic mass is 9.85. The summed E-state index contributed by atoms with van der Waals surface area (Å²) in [4.78, 5) is 56.0. The molecule has 1 heterocycles. The molecule has 0 aromatic carbocycles. The summed E-state index contributed by atoms with van der Waals surface area (Å²) >= 11 is 0. The minimum atomic E-state index is -3.53. The summed E-state index contributed by atoms with van der Waals surface area (Å²) in [6, 6.07) is -4.88. The highest BCUT2D eigenvalue weighted by Gasteiger charge is 2.70. The third-order valence-corrected chi connectivity index (χ3v) is 11.1. The first-order chi connectivity index (χ1) is 21.9. The number of likely N-dealkylation sites (tertiary alicyclic amines) is 1. The first kappa shape index (κ1) is 39.9. The molecular formula is C33H58F2N6O6S. The van der Waals surface area contributed by atoms with Gasteiger partial charge in [-0.3, -0.25) is 14.4 Å². The van der Waals surface area contributed by atoms with Crippen LogP contribution in [-0.2, 0) is 24.4 Å². The van der Waals surface area contributed by atoms with E-state index in [1.807, 2.05) is 34.6 Å². The van der Waals surface area contributed by atoms with E-state index in [2.05, 4.69) is 26.0 Å². The molecule has 2 aliphatic carbocycles. The Bertz CT molecular complexity index is 1290. The fraction of sp³-hybridized carbons (Fsp3) is 0.879. The van der Waals surface area contributed by atoms with Crippen molar-refractivity contribution in [3.8, 4) is 0 Å². The van der Waals surface area contributed by atoms with Gasteiger partial charge in [0.25, 0.3) is 0 Å². The number of carbonyl (C=O) groups is 4. The molecule has 1 saturated heterocycles. The normalized spacial score (nSPS) is 24.7. The molecular weight excluding hydrogens is 646 g/mol. The van der Waals surface area contributed by atoms with E-state index in [1.54, 1.807) is 20.8 Å². The largest absolute Gasteiger partial charge is 0.354 e. The molecule has 12 nitrogen and oxygen atoms in total. The number of rotatable bonds is 13. The highest BCUT2D eigenvalue weighted by atomic mass is 32.2. The van der Waals surface area contributed by atoms with Crippen LogP contribution >= 0.6 is 0 Å². The van der Waals surface area contributed by atoms with Crippen LogP contribution in [0, 0.1) is 34.0 Å². The predicted molar refractivity (Wildman–Crippen MR) is 179 cm³/mol. The van der Waals surface area contributed by atoms with Gasteiger partial charge in [0.1, 0.15) is 18.1 Å². The molecule has 15 heteroatoms. The van der Waals surface area contributed by atoms with E-state index in [1.165, 1.54) is 4.90 Å². The Kier molecular flexibility index (Phi) is 12.6. The number of amides is 5. The monoisotopic (exact) mass is 704 g/mol. The van der Waals surface area contributed by atoms with Crippen molar-refractivity contribution in [2.45, 2.75) is 125 Å². The van der Waals surface area contributed by atoms with E-state index in [0.29, 0.717) is 6.54 Å². The number of urea groups is 1. The number of carbonyl (C=O) groups excluding carboxylic acids is 4. The third-order valence-electron chi connectivity index (χ3n) is 10.4. The van der Waals surface area contributed by atoms with Crippen LogP contribution in [0.15, 0.2) is 0 Å². The predicted octanol–water partition coefficient (Wildman–Crippen LogP) is 2.98. The fourth-order valence-corrected chi connectivity index (χ4v) is 7.66. The van der Waals surface area contributed by atoms with E-state index in [0.717, 1.165) is 38.4 Å². The van der Waals surface area contributed by atoms with Crippen molar-refractivity contribution < 1.29 is 36.4 Å². The maximum atomic E-state index is 14.2. The zero-order valence-electron chi connectivity index (χ0n) is 30.0. The summed E-state index contributed by atoms with van der Waals surface area (Å²) in [5.74, 6) is -1.84. The molecule has 276 valence electrons. The van der Waals surface area contributed by atoms with E-state index in [9.17, 15) is 36.4 Å². The second-order valence-electron chi connectivity index (χ2n) is 16.8. The number of halogens is 2. The Morgan fingerprint density at radius 3 is 2.04 bits per heavy atom. The van der Waals surface area contributed by atoms with Crippen molar-refractivity contribution in [3.63, 3.8) is 0 Å². The van der Waals surface area contributed by atoms with Crippen LogP contribution in [-0.4, -0.2) is 93.6 Å². The van der Waals surface area contributed by atoms with Crippen molar-refractivity contribution in [2.75, 3.05) is 25.9 Å². The van der Waals surface area contributed by atoms with Crippen molar-refractivity contribution in [1.82, 2.24) is 30.9 Å².